The number of hydrogen-bond acceptors (Lipinski definition) is 7. The summed E-state index contributed by atoms with van der Waals surface area (Å²) in [5.74, 6) is 1.91. The molecular weight excluding hydrogens is 404 g/mol. The molecule has 0 bridgehead atoms. The number of carbonyl (C=O) groups is 1. The average Bonchev–Trinajstić information content (AvgIpc) is 3.42. The molecule has 0 atom stereocenters. The van der Waals surface area contributed by atoms with Crippen LogP contribution in [-0.4, -0.2) is 21.1 Å². The zero-order valence-electron chi connectivity index (χ0n) is 15.4. The van der Waals surface area contributed by atoms with Crippen LogP contribution in [-0.2, 0) is 17.0 Å². The zero-order valence-corrected chi connectivity index (χ0v) is 17.1. The van der Waals surface area contributed by atoms with Crippen LogP contribution in [0.2, 0.25) is 0 Å². The number of hydrogen-bond donors (Lipinski definition) is 1. The minimum absolute atomic E-state index is 0.139. The van der Waals surface area contributed by atoms with Crippen molar-refractivity contribution in [2.24, 2.45) is 0 Å². The molecule has 1 N–H and O–H groups in total. The molecule has 4 aromatic rings. The Morgan fingerprint density at radius 3 is 2.59 bits per heavy atom. The van der Waals surface area contributed by atoms with Crippen molar-refractivity contribution >= 4 is 34.1 Å². The van der Waals surface area contributed by atoms with Crippen LogP contribution in [0.3, 0.4) is 0 Å². The fourth-order valence-electron chi connectivity index (χ4n) is 2.60. The summed E-state index contributed by atoms with van der Waals surface area (Å²) < 4.78 is 6.55. The number of carbonyl (C=O) groups excluding carboxylic acids is 1. The molecule has 0 radical (unpaired) electrons. The van der Waals surface area contributed by atoms with E-state index in [-0.39, 0.29) is 12.3 Å². The van der Waals surface area contributed by atoms with E-state index in [0.717, 1.165) is 15.7 Å². The predicted octanol–water partition coefficient (Wildman–Crippen LogP) is 5.06. The van der Waals surface area contributed by atoms with E-state index in [4.69, 9.17) is 4.42 Å². The molecule has 1 amide bonds. The maximum absolute atomic E-state index is 12.2. The topological polar surface area (TPSA) is 80.9 Å². The van der Waals surface area contributed by atoms with E-state index >= 15 is 0 Å². The summed E-state index contributed by atoms with van der Waals surface area (Å²) >= 11 is 2.97. The number of amides is 1. The average molecular weight is 423 g/mol. The van der Waals surface area contributed by atoms with Gasteiger partial charge in [0.05, 0.1) is 6.20 Å². The van der Waals surface area contributed by atoms with Crippen LogP contribution in [0, 0.1) is 0 Å². The second kappa shape index (κ2) is 9.49. The number of rotatable bonds is 8. The predicted molar refractivity (Wildman–Crippen MR) is 115 cm³/mol. The van der Waals surface area contributed by atoms with Gasteiger partial charge in [0, 0.05) is 24.2 Å². The first-order valence-electron chi connectivity index (χ1n) is 9.06. The molecule has 146 valence electrons. The van der Waals surface area contributed by atoms with Gasteiger partial charge in [0.15, 0.2) is 16.0 Å². The number of thioether (sulfide) groups is 1. The van der Waals surface area contributed by atoms with Gasteiger partial charge in [-0.05, 0) is 5.56 Å². The summed E-state index contributed by atoms with van der Waals surface area (Å²) in [6.07, 6.45) is 2.37. The summed E-state index contributed by atoms with van der Waals surface area (Å²) in [6.45, 7) is 0. The SMILES string of the molecule is O=C(CCc1ncc(-c2ccccc2)o1)Nc1nnc(SCc2ccccc2)s1. The molecule has 8 heteroatoms. The first-order chi connectivity index (χ1) is 14.3. The molecule has 0 saturated carbocycles. The molecule has 4 rings (SSSR count). The third-order valence-electron chi connectivity index (χ3n) is 4.04. The highest BCUT2D eigenvalue weighted by Crippen LogP contribution is 2.28. The van der Waals surface area contributed by atoms with Crippen LogP contribution in [0.25, 0.3) is 11.3 Å². The Labute approximate surface area is 176 Å². The van der Waals surface area contributed by atoms with E-state index in [1.54, 1.807) is 18.0 Å². The summed E-state index contributed by atoms with van der Waals surface area (Å²) in [4.78, 5) is 16.5. The molecule has 6 nitrogen and oxygen atoms in total. The van der Waals surface area contributed by atoms with Crippen LogP contribution in [0.15, 0.2) is 75.6 Å². The molecule has 0 saturated heterocycles. The lowest BCUT2D eigenvalue weighted by Gasteiger charge is -1.99. The maximum Gasteiger partial charge on any atom is 0.226 e. The number of benzene rings is 2. The maximum atomic E-state index is 12.2. The third kappa shape index (κ3) is 5.52. The fourth-order valence-corrected chi connectivity index (χ4v) is 4.33. The van der Waals surface area contributed by atoms with Gasteiger partial charge in [0.1, 0.15) is 0 Å². The minimum Gasteiger partial charge on any atom is -0.441 e. The summed E-state index contributed by atoms with van der Waals surface area (Å²) in [6, 6.07) is 19.9. The van der Waals surface area contributed by atoms with Crippen molar-refractivity contribution in [2.75, 3.05) is 5.32 Å². The summed E-state index contributed by atoms with van der Waals surface area (Å²) in [5, 5.41) is 11.5. The fraction of sp³-hybridized carbons (Fsp3) is 0.143. The Hall–Kier alpha value is -2.97. The van der Waals surface area contributed by atoms with Crippen molar-refractivity contribution in [1.29, 1.82) is 0 Å². The molecule has 0 fully saturated rings. The van der Waals surface area contributed by atoms with E-state index in [2.05, 4.69) is 32.6 Å². The Morgan fingerprint density at radius 1 is 1.03 bits per heavy atom. The third-order valence-corrected chi connectivity index (χ3v) is 6.08. The van der Waals surface area contributed by atoms with E-state index in [0.29, 0.717) is 23.2 Å². The highest BCUT2D eigenvalue weighted by molar-refractivity contribution is 8.00. The molecule has 2 heterocycles. The largest absolute Gasteiger partial charge is 0.441 e. The van der Waals surface area contributed by atoms with E-state index in [1.165, 1.54) is 16.9 Å². The second-order valence-electron chi connectivity index (χ2n) is 6.18. The van der Waals surface area contributed by atoms with Crippen LogP contribution in [0.4, 0.5) is 5.13 Å². The van der Waals surface area contributed by atoms with E-state index in [1.807, 2.05) is 48.5 Å². The number of nitrogens with zero attached hydrogens (tertiary/aromatic N) is 3. The number of aryl methyl sites for hydroxylation is 1. The van der Waals surface area contributed by atoms with Crippen molar-refractivity contribution < 1.29 is 9.21 Å². The Morgan fingerprint density at radius 2 is 1.79 bits per heavy atom. The summed E-state index contributed by atoms with van der Waals surface area (Å²) in [5.41, 5.74) is 2.18. The van der Waals surface area contributed by atoms with Crippen molar-refractivity contribution in [3.05, 3.63) is 78.3 Å². The van der Waals surface area contributed by atoms with E-state index in [9.17, 15) is 4.79 Å². The van der Waals surface area contributed by atoms with Crippen LogP contribution >= 0.6 is 23.1 Å². The highest BCUT2D eigenvalue weighted by Gasteiger charge is 2.12. The van der Waals surface area contributed by atoms with Gasteiger partial charge >= 0.3 is 0 Å². The van der Waals surface area contributed by atoms with Crippen molar-refractivity contribution in [1.82, 2.24) is 15.2 Å². The van der Waals surface area contributed by atoms with Gasteiger partial charge in [-0.1, -0.05) is 83.8 Å². The second-order valence-corrected chi connectivity index (χ2v) is 8.38. The quantitative estimate of drug-likeness (QED) is 0.316. The molecular formula is C21H18N4O2S2. The van der Waals surface area contributed by atoms with Crippen LogP contribution in [0.5, 0.6) is 0 Å². The smallest absolute Gasteiger partial charge is 0.226 e. The molecule has 0 unspecified atom stereocenters. The van der Waals surface area contributed by atoms with Gasteiger partial charge in [0.2, 0.25) is 11.0 Å². The molecule has 0 aliphatic rings. The lowest BCUT2D eigenvalue weighted by Crippen LogP contribution is -2.12. The normalized spacial score (nSPS) is 10.8. The van der Waals surface area contributed by atoms with Gasteiger partial charge in [-0.25, -0.2) is 4.98 Å². The number of aromatic nitrogens is 3. The lowest BCUT2D eigenvalue weighted by atomic mass is 10.2. The van der Waals surface area contributed by atoms with Crippen LogP contribution < -0.4 is 5.32 Å². The highest BCUT2D eigenvalue weighted by atomic mass is 32.2. The number of anilines is 1. The number of oxazole rings is 1. The Balaban J connectivity index is 1.25. The zero-order chi connectivity index (χ0) is 19.9. The Kier molecular flexibility index (Phi) is 6.33. The van der Waals surface area contributed by atoms with Gasteiger partial charge in [-0.15, -0.1) is 10.2 Å². The monoisotopic (exact) mass is 422 g/mol. The van der Waals surface area contributed by atoms with Gasteiger partial charge in [-0.3, -0.25) is 4.79 Å². The van der Waals surface area contributed by atoms with Gasteiger partial charge in [-0.2, -0.15) is 0 Å². The standard InChI is InChI=1S/C21H18N4O2S2/c26-18(11-12-19-22-13-17(27-19)16-9-5-2-6-10-16)23-20-24-25-21(29-20)28-14-15-7-3-1-4-8-15/h1-10,13H,11-12,14H2,(H,23,24,26). The molecule has 0 spiro atoms. The first kappa shape index (κ1) is 19.4. The lowest BCUT2D eigenvalue weighted by molar-refractivity contribution is -0.116. The minimum atomic E-state index is -0.139. The first-order valence-corrected chi connectivity index (χ1v) is 10.9. The van der Waals surface area contributed by atoms with E-state index < -0.39 is 0 Å². The van der Waals surface area contributed by atoms with Gasteiger partial charge in [0.25, 0.3) is 0 Å². The van der Waals surface area contributed by atoms with Crippen LogP contribution in [0.1, 0.15) is 17.9 Å². The molecule has 0 aliphatic heterocycles. The van der Waals surface area contributed by atoms with Crippen molar-refractivity contribution in [3.8, 4) is 11.3 Å². The number of nitrogens with one attached hydrogen (secondary N) is 1. The molecule has 2 aromatic carbocycles. The van der Waals surface area contributed by atoms with Gasteiger partial charge < -0.3 is 9.73 Å². The molecule has 2 aromatic heterocycles. The summed E-state index contributed by atoms with van der Waals surface area (Å²) in [7, 11) is 0. The Bertz CT molecular complexity index is 1060. The van der Waals surface area contributed by atoms with Crippen molar-refractivity contribution in [3.63, 3.8) is 0 Å². The van der Waals surface area contributed by atoms with Crippen molar-refractivity contribution in [2.45, 2.75) is 22.9 Å². The molecule has 29 heavy (non-hydrogen) atoms. The molecule has 0 aliphatic carbocycles.